The van der Waals surface area contributed by atoms with Crippen LogP contribution in [0.5, 0.6) is 0 Å². The number of carboxylic acids is 2. The number of carboxylic acid groups (broad SMARTS) is 2. The van der Waals surface area contributed by atoms with E-state index in [0.29, 0.717) is 35.7 Å². The summed E-state index contributed by atoms with van der Waals surface area (Å²) in [7, 11) is 0. The van der Waals surface area contributed by atoms with Crippen LogP contribution in [-0.4, -0.2) is 206 Å². The summed E-state index contributed by atoms with van der Waals surface area (Å²) in [6.07, 6.45) is -0.691. The fourth-order valence-corrected chi connectivity index (χ4v) is 8.14. The number of unbranched alkanes of at least 4 members (excludes halogenated alkanes) is 2. The molecule has 1 aromatic carbocycles. The monoisotopic (exact) mass is 1180 g/mol. The van der Waals surface area contributed by atoms with Gasteiger partial charge in [0, 0.05) is 29.9 Å². The van der Waals surface area contributed by atoms with Gasteiger partial charge in [-0.3, -0.25) is 52.7 Å². The van der Waals surface area contributed by atoms with Crippen LogP contribution < -0.4 is 70.8 Å². The summed E-state index contributed by atoms with van der Waals surface area (Å²) in [5.41, 5.74) is 23.2. The number of carbonyl (C=O) groups is 12. The summed E-state index contributed by atoms with van der Waals surface area (Å²) in [5.74, 6) is -14.8. The van der Waals surface area contributed by atoms with E-state index in [1.807, 2.05) is 0 Å². The third kappa shape index (κ3) is 23.9. The Morgan fingerprint density at radius 2 is 0.976 bits per heavy atom. The van der Waals surface area contributed by atoms with Crippen LogP contribution in [0, 0.1) is 5.92 Å². The van der Waals surface area contributed by atoms with Gasteiger partial charge >= 0.3 is 11.9 Å². The second-order valence-electron chi connectivity index (χ2n) is 19.8. The summed E-state index contributed by atoms with van der Waals surface area (Å²) < 4.78 is 0. The molecule has 12 atom stereocenters. The Balaban J connectivity index is 2.33. The van der Waals surface area contributed by atoms with Crippen molar-refractivity contribution in [3.8, 4) is 0 Å². The minimum Gasteiger partial charge on any atom is -0.481 e. The van der Waals surface area contributed by atoms with Gasteiger partial charge < -0.3 is 106 Å². The lowest BCUT2D eigenvalue weighted by Gasteiger charge is -2.29. The number of nitrogens with one attached hydrogen (secondary N) is 10. The Labute approximate surface area is 477 Å². The minimum absolute atomic E-state index is 0.00831. The van der Waals surface area contributed by atoms with Crippen molar-refractivity contribution in [2.45, 2.75) is 158 Å². The fraction of sp³-hybridized carbons (Fsp3) is 0.608. The maximum Gasteiger partial charge on any atom is 0.326 e. The smallest absolute Gasteiger partial charge is 0.326 e. The molecular weight excluding hydrogens is 1100 g/mol. The zero-order chi connectivity index (χ0) is 62.5. The first-order valence-corrected chi connectivity index (χ1v) is 26.9. The highest BCUT2D eigenvalue weighted by Gasteiger charge is 2.38. The van der Waals surface area contributed by atoms with Crippen LogP contribution in [0.2, 0.25) is 0 Å². The van der Waals surface area contributed by atoms with Crippen LogP contribution in [0.25, 0.3) is 10.9 Å². The Kier molecular flexibility index (Phi) is 31.4. The summed E-state index contributed by atoms with van der Waals surface area (Å²) in [4.78, 5) is 161. The average molecular weight is 1180 g/mol. The lowest BCUT2D eigenvalue weighted by Crippen LogP contribution is -2.63. The van der Waals surface area contributed by atoms with Crippen molar-refractivity contribution in [1.82, 2.24) is 52.8 Å². The van der Waals surface area contributed by atoms with Gasteiger partial charge in [-0.15, -0.1) is 0 Å². The number of amides is 10. The molecule has 0 fully saturated rings. The summed E-state index contributed by atoms with van der Waals surface area (Å²) in [5, 5.41) is 81.9. The van der Waals surface area contributed by atoms with E-state index in [1.165, 1.54) is 6.92 Å². The number of hydrogen-bond acceptors (Lipinski definition) is 19. The van der Waals surface area contributed by atoms with Gasteiger partial charge in [-0.1, -0.05) is 38.5 Å². The number of nitrogens with two attached hydrogens (primary N) is 4. The molecule has 0 saturated heterocycles. The lowest BCUT2D eigenvalue weighted by molar-refractivity contribution is -0.142. The zero-order valence-corrected chi connectivity index (χ0v) is 46.5. The second-order valence-corrected chi connectivity index (χ2v) is 19.8. The molecule has 0 unspecified atom stereocenters. The van der Waals surface area contributed by atoms with E-state index in [2.05, 4.69) is 52.8 Å². The molecule has 0 spiro atoms. The lowest BCUT2D eigenvalue weighted by atomic mass is 9.97. The van der Waals surface area contributed by atoms with Crippen LogP contribution in [0.3, 0.4) is 0 Å². The van der Waals surface area contributed by atoms with Crippen molar-refractivity contribution in [3.05, 3.63) is 36.0 Å². The van der Waals surface area contributed by atoms with Gasteiger partial charge in [0.05, 0.1) is 38.4 Å². The molecule has 0 aliphatic rings. The highest BCUT2D eigenvalue weighted by Crippen LogP contribution is 2.20. The predicted octanol–water partition coefficient (Wildman–Crippen LogP) is -7.11. The maximum atomic E-state index is 14.0. The van der Waals surface area contributed by atoms with Gasteiger partial charge in [0.1, 0.15) is 54.4 Å². The van der Waals surface area contributed by atoms with Crippen LogP contribution in [-0.2, 0) is 64.0 Å². The van der Waals surface area contributed by atoms with Crippen LogP contribution >= 0.6 is 0 Å². The van der Waals surface area contributed by atoms with Crippen molar-refractivity contribution in [2.24, 2.45) is 28.9 Å². The van der Waals surface area contributed by atoms with E-state index in [1.54, 1.807) is 37.4 Å². The minimum atomic E-state index is -1.97. The van der Waals surface area contributed by atoms with Crippen LogP contribution in [0.15, 0.2) is 30.5 Å². The van der Waals surface area contributed by atoms with Crippen molar-refractivity contribution in [1.29, 1.82) is 0 Å². The number of aliphatic hydroxyl groups is 4. The number of primary amides is 1. The summed E-state index contributed by atoms with van der Waals surface area (Å²) >= 11 is 0. The number of rotatable bonds is 40. The van der Waals surface area contributed by atoms with E-state index in [9.17, 15) is 88.2 Å². The highest BCUT2D eigenvalue weighted by atomic mass is 16.4. The Morgan fingerprint density at radius 3 is 1.49 bits per heavy atom. The van der Waals surface area contributed by atoms with E-state index in [-0.39, 0.29) is 58.0 Å². The number of aromatic nitrogens is 1. The van der Waals surface area contributed by atoms with E-state index in [0.717, 1.165) is 6.92 Å². The Bertz CT molecular complexity index is 2530. The molecule has 24 N–H and O–H groups in total. The van der Waals surface area contributed by atoms with Crippen molar-refractivity contribution in [2.75, 3.05) is 32.9 Å². The standard InChI is InChI=1S/C51H82N14O18/c1-4-25(2)40(49(80)63-36(23-67)47(78)62-35(22-66)46(77)59-33(19-27-21-56-30-12-6-5-11-28(27)30)44(75)58-32(51(82)83)14-8-10-18-53)64-45(76)34(20-39(71)72)60-43(74)31(13-7-9-17-52)57-50(81)41(26(3)69)65-48(79)37(24-68)61-42(73)29(54)15-16-38(55)70/h5-6,11-12,21,25-26,29,31-37,40-41,56,66-69H,4,7-10,13-20,22-24,52-54H2,1-3H3,(H2,55,70)(H,57,81)(H,58,75)(H,59,77)(H,60,74)(H,61,73)(H,62,78)(H,63,80)(H,64,76)(H,65,79)(H,71,72)(H,82,83)/t25-,26+,29-,31-,32-,33-,34-,35-,36-,37-,40-,41-/m0/s1. The number of aliphatic hydroxyl groups excluding tert-OH is 4. The quantitative estimate of drug-likeness (QED) is 0.0276. The molecule has 32 nitrogen and oxygen atoms in total. The number of hydrogen-bond donors (Lipinski definition) is 20. The van der Waals surface area contributed by atoms with Crippen LogP contribution in [0.4, 0.5) is 0 Å². The molecule has 1 heterocycles. The number of para-hydroxylation sites is 1. The van der Waals surface area contributed by atoms with E-state index >= 15 is 0 Å². The number of carbonyl (C=O) groups excluding carboxylic acids is 10. The van der Waals surface area contributed by atoms with E-state index < -0.39 is 170 Å². The number of benzene rings is 1. The van der Waals surface area contributed by atoms with Crippen molar-refractivity contribution < 1.29 is 88.2 Å². The number of fused-ring (bicyclic) bond motifs is 1. The maximum absolute atomic E-state index is 14.0. The average Bonchev–Trinajstić information content (AvgIpc) is 3.98. The molecule has 2 aromatic rings. The largest absolute Gasteiger partial charge is 0.481 e. The normalized spacial score (nSPS) is 15.5. The van der Waals surface area contributed by atoms with Crippen LogP contribution in [0.1, 0.15) is 90.5 Å². The Hall–Kier alpha value is -7.88. The third-order valence-corrected chi connectivity index (χ3v) is 13.2. The van der Waals surface area contributed by atoms with Gasteiger partial charge in [0.25, 0.3) is 0 Å². The van der Waals surface area contributed by atoms with Gasteiger partial charge in [0.2, 0.25) is 59.1 Å². The van der Waals surface area contributed by atoms with Gasteiger partial charge in [-0.05, 0) is 82.5 Å². The zero-order valence-electron chi connectivity index (χ0n) is 46.5. The van der Waals surface area contributed by atoms with Gasteiger partial charge in [0.15, 0.2) is 0 Å². The van der Waals surface area contributed by atoms with Crippen molar-refractivity contribution >= 4 is 81.9 Å². The first kappa shape index (κ1) is 71.2. The molecule has 10 amide bonds. The number of aromatic amines is 1. The third-order valence-electron chi connectivity index (χ3n) is 13.2. The Morgan fingerprint density at radius 1 is 0.542 bits per heavy atom. The molecule has 464 valence electrons. The predicted molar refractivity (Wildman–Crippen MR) is 294 cm³/mol. The molecule has 83 heavy (non-hydrogen) atoms. The molecule has 0 aliphatic carbocycles. The molecule has 0 saturated carbocycles. The first-order chi connectivity index (χ1) is 39.3. The molecule has 2 rings (SSSR count). The van der Waals surface area contributed by atoms with Gasteiger partial charge in [-0.2, -0.15) is 0 Å². The highest BCUT2D eigenvalue weighted by molar-refractivity contribution is 5.99. The topological polar surface area (TPSA) is 554 Å². The summed E-state index contributed by atoms with van der Waals surface area (Å²) in [6, 6.07) is -9.75. The second kappa shape index (κ2) is 36.6. The first-order valence-electron chi connectivity index (χ1n) is 26.9. The number of H-pyrrole nitrogens is 1. The SMILES string of the molecule is CC[C@H](C)[C@H](NC(=O)[C@H](CC(=O)O)NC(=O)[C@H](CCCCN)NC(=O)[C@@H](NC(=O)[C@H](CO)NC(=O)[C@@H](N)CCC(N)=O)[C@@H](C)O)C(=O)N[C@@H](CO)C(=O)N[C@@H](CO)C(=O)N[C@@H](Cc1c[nH]c2ccccc12)C(=O)N[C@@H](CCCCN)C(=O)O. The molecule has 0 radical (unpaired) electrons. The molecule has 0 bridgehead atoms. The number of aliphatic carboxylic acids is 2. The van der Waals surface area contributed by atoms with Gasteiger partial charge in [-0.25, -0.2) is 4.79 Å². The fourth-order valence-electron chi connectivity index (χ4n) is 8.14. The molecule has 1 aromatic heterocycles. The molecule has 32 heteroatoms. The molecule has 0 aliphatic heterocycles. The summed E-state index contributed by atoms with van der Waals surface area (Å²) in [6.45, 7) is 1.31. The molecular formula is C51H82N14O18. The van der Waals surface area contributed by atoms with E-state index in [4.69, 9.17) is 22.9 Å². The van der Waals surface area contributed by atoms with Crippen molar-refractivity contribution in [3.63, 3.8) is 0 Å².